The number of rotatable bonds is 2. The largest absolute Gasteiger partial charge is 0.497 e. The molecule has 2 aromatic rings. The number of hydrogen-bond donors (Lipinski definition) is 1. The Hall–Kier alpha value is -1.55. The number of nitrogens with one attached hydrogen (secondary N) is 1. The normalized spacial score (nSPS) is 16.5. The molecule has 0 atom stereocenters. The number of halogens is 1. The average molecular weight is 293 g/mol. The standard InChI is InChI=1S/C15H17ClN2O2/c1-20-10-7-11(9-5-3-2-4-6-9)13-12(8-10)17-15(16)18-14(13)19/h7-9H,2-6H2,1H3,(H,17,18,19). The third-order valence-electron chi connectivity index (χ3n) is 4.06. The second-order valence-corrected chi connectivity index (χ2v) is 5.66. The molecule has 1 N–H and O–H groups in total. The summed E-state index contributed by atoms with van der Waals surface area (Å²) in [6.07, 6.45) is 5.93. The van der Waals surface area contributed by atoms with Crippen molar-refractivity contribution in [3.8, 4) is 5.75 Å². The number of fused-ring (bicyclic) bond motifs is 1. The van der Waals surface area contributed by atoms with Crippen LogP contribution in [0.1, 0.15) is 43.6 Å². The molecule has 1 fully saturated rings. The Morgan fingerprint density at radius 1 is 1.30 bits per heavy atom. The first kappa shape index (κ1) is 13.4. The van der Waals surface area contributed by atoms with Crippen molar-refractivity contribution in [2.24, 2.45) is 0 Å². The Morgan fingerprint density at radius 3 is 2.75 bits per heavy atom. The van der Waals surface area contributed by atoms with Crippen molar-refractivity contribution in [3.05, 3.63) is 33.3 Å². The van der Waals surface area contributed by atoms with Gasteiger partial charge in [-0.25, -0.2) is 4.98 Å². The van der Waals surface area contributed by atoms with Crippen molar-refractivity contribution in [1.82, 2.24) is 9.97 Å². The highest BCUT2D eigenvalue weighted by Crippen LogP contribution is 2.37. The van der Waals surface area contributed by atoms with Crippen LogP contribution in [-0.2, 0) is 0 Å². The molecule has 4 nitrogen and oxygen atoms in total. The lowest BCUT2D eigenvalue weighted by Gasteiger charge is -2.23. The summed E-state index contributed by atoms with van der Waals surface area (Å²) in [5.74, 6) is 1.14. The fraction of sp³-hybridized carbons (Fsp3) is 0.467. The number of benzene rings is 1. The SMILES string of the molecule is COc1cc(C2CCCCC2)c2c(=O)[nH]c(Cl)nc2c1. The van der Waals surface area contributed by atoms with E-state index in [0.29, 0.717) is 16.8 Å². The highest BCUT2D eigenvalue weighted by atomic mass is 35.5. The van der Waals surface area contributed by atoms with Gasteiger partial charge in [0.1, 0.15) is 5.75 Å². The van der Waals surface area contributed by atoms with Gasteiger partial charge in [0, 0.05) is 6.07 Å². The van der Waals surface area contributed by atoms with Crippen LogP contribution in [0.15, 0.2) is 16.9 Å². The van der Waals surface area contributed by atoms with Crippen LogP contribution >= 0.6 is 11.6 Å². The minimum atomic E-state index is -0.164. The zero-order valence-corrected chi connectivity index (χ0v) is 12.2. The molecular weight excluding hydrogens is 276 g/mol. The second-order valence-electron chi connectivity index (χ2n) is 5.30. The lowest BCUT2D eigenvalue weighted by Crippen LogP contribution is -2.14. The smallest absolute Gasteiger partial charge is 0.259 e. The summed E-state index contributed by atoms with van der Waals surface area (Å²) in [4.78, 5) is 19.1. The summed E-state index contributed by atoms with van der Waals surface area (Å²) < 4.78 is 5.34. The maximum absolute atomic E-state index is 12.2. The van der Waals surface area contributed by atoms with Crippen molar-refractivity contribution in [1.29, 1.82) is 0 Å². The van der Waals surface area contributed by atoms with Gasteiger partial charge in [0.05, 0.1) is 18.0 Å². The number of hydrogen-bond acceptors (Lipinski definition) is 3. The molecule has 0 spiro atoms. The van der Waals surface area contributed by atoms with E-state index in [1.165, 1.54) is 19.3 Å². The van der Waals surface area contributed by atoms with E-state index in [1.807, 2.05) is 6.07 Å². The lowest BCUT2D eigenvalue weighted by atomic mass is 9.82. The van der Waals surface area contributed by atoms with Gasteiger partial charge in [-0.15, -0.1) is 0 Å². The van der Waals surface area contributed by atoms with Crippen LogP contribution in [0, 0.1) is 0 Å². The minimum Gasteiger partial charge on any atom is -0.497 e. The molecule has 3 rings (SSSR count). The first-order chi connectivity index (χ1) is 9.69. The van der Waals surface area contributed by atoms with E-state index in [-0.39, 0.29) is 10.8 Å². The number of H-pyrrole nitrogens is 1. The van der Waals surface area contributed by atoms with Gasteiger partial charge in [-0.1, -0.05) is 19.3 Å². The summed E-state index contributed by atoms with van der Waals surface area (Å²) in [6.45, 7) is 0. The van der Waals surface area contributed by atoms with Crippen LogP contribution in [0.2, 0.25) is 5.28 Å². The average Bonchev–Trinajstić information content (AvgIpc) is 2.46. The Kier molecular flexibility index (Phi) is 3.66. The summed E-state index contributed by atoms with van der Waals surface area (Å²) in [5.41, 5.74) is 1.49. The van der Waals surface area contributed by atoms with Crippen molar-refractivity contribution in [3.63, 3.8) is 0 Å². The maximum atomic E-state index is 12.2. The summed E-state index contributed by atoms with van der Waals surface area (Å²) in [7, 11) is 1.63. The van der Waals surface area contributed by atoms with Gasteiger partial charge in [-0.2, -0.15) is 0 Å². The molecule has 1 aromatic heterocycles. The molecule has 1 aliphatic rings. The summed E-state index contributed by atoms with van der Waals surface area (Å²) >= 11 is 5.85. The van der Waals surface area contributed by atoms with Crippen molar-refractivity contribution in [2.75, 3.05) is 7.11 Å². The van der Waals surface area contributed by atoms with Crippen molar-refractivity contribution >= 4 is 22.5 Å². The third-order valence-corrected chi connectivity index (χ3v) is 4.24. The second kappa shape index (κ2) is 5.44. The number of ether oxygens (including phenoxy) is 1. The molecule has 1 saturated carbocycles. The van der Waals surface area contributed by atoms with Gasteiger partial charge in [0.15, 0.2) is 0 Å². The van der Waals surface area contributed by atoms with E-state index in [2.05, 4.69) is 9.97 Å². The van der Waals surface area contributed by atoms with E-state index in [0.717, 1.165) is 24.2 Å². The maximum Gasteiger partial charge on any atom is 0.259 e. The number of aromatic amines is 1. The molecule has 0 saturated heterocycles. The first-order valence-corrected chi connectivity index (χ1v) is 7.34. The third kappa shape index (κ3) is 2.40. The Balaban J connectivity index is 2.24. The fourth-order valence-electron chi connectivity index (χ4n) is 3.10. The van der Waals surface area contributed by atoms with Crippen LogP contribution in [0.3, 0.4) is 0 Å². The van der Waals surface area contributed by atoms with Gasteiger partial charge in [-0.05, 0) is 42.0 Å². The predicted molar refractivity (Wildman–Crippen MR) is 79.8 cm³/mol. The quantitative estimate of drug-likeness (QED) is 0.860. The van der Waals surface area contributed by atoms with E-state index < -0.39 is 0 Å². The number of aromatic nitrogens is 2. The predicted octanol–water partition coefficient (Wildman–Crippen LogP) is 3.63. The van der Waals surface area contributed by atoms with Crippen LogP contribution in [0.5, 0.6) is 5.75 Å². The molecule has 5 heteroatoms. The molecule has 0 unspecified atom stereocenters. The van der Waals surface area contributed by atoms with Crippen LogP contribution in [0.4, 0.5) is 0 Å². The van der Waals surface area contributed by atoms with Gasteiger partial charge in [-0.3, -0.25) is 9.78 Å². The minimum absolute atomic E-state index is 0.116. The monoisotopic (exact) mass is 292 g/mol. The Morgan fingerprint density at radius 2 is 2.05 bits per heavy atom. The lowest BCUT2D eigenvalue weighted by molar-refractivity contribution is 0.411. The van der Waals surface area contributed by atoms with E-state index in [9.17, 15) is 4.79 Å². The van der Waals surface area contributed by atoms with Crippen LogP contribution in [-0.4, -0.2) is 17.1 Å². The summed E-state index contributed by atoms with van der Waals surface area (Å²) in [5, 5.41) is 0.771. The van der Waals surface area contributed by atoms with E-state index in [4.69, 9.17) is 16.3 Å². The van der Waals surface area contributed by atoms with Crippen LogP contribution in [0.25, 0.3) is 10.9 Å². The topological polar surface area (TPSA) is 55.0 Å². The Labute approximate surface area is 122 Å². The van der Waals surface area contributed by atoms with Gasteiger partial charge >= 0.3 is 0 Å². The molecule has 1 heterocycles. The number of methoxy groups -OCH3 is 1. The summed E-state index contributed by atoms with van der Waals surface area (Å²) in [6, 6.07) is 3.74. The highest BCUT2D eigenvalue weighted by Gasteiger charge is 2.21. The zero-order chi connectivity index (χ0) is 14.1. The molecule has 0 bridgehead atoms. The Bertz CT molecular complexity index is 690. The molecule has 1 aromatic carbocycles. The van der Waals surface area contributed by atoms with Crippen molar-refractivity contribution < 1.29 is 4.74 Å². The zero-order valence-electron chi connectivity index (χ0n) is 11.4. The first-order valence-electron chi connectivity index (χ1n) is 6.96. The molecule has 106 valence electrons. The molecular formula is C15H17ClN2O2. The van der Waals surface area contributed by atoms with Crippen molar-refractivity contribution in [2.45, 2.75) is 38.0 Å². The van der Waals surface area contributed by atoms with Crippen LogP contribution < -0.4 is 10.3 Å². The van der Waals surface area contributed by atoms with Gasteiger partial charge < -0.3 is 4.74 Å². The number of nitrogens with zero attached hydrogens (tertiary/aromatic N) is 1. The fourth-order valence-corrected chi connectivity index (χ4v) is 3.28. The molecule has 1 aliphatic carbocycles. The van der Waals surface area contributed by atoms with Gasteiger partial charge in [0.25, 0.3) is 5.56 Å². The van der Waals surface area contributed by atoms with E-state index >= 15 is 0 Å². The molecule has 0 radical (unpaired) electrons. The van der Waals surface area contributed by atoms with E-state index in [1.54, 1.807) is 13.2 Å². The molecule has 0 aliphatic heterocycles. The highest BCUT2D eigenvalue weighted by molar-refractivity contribution is 6.28. The van der Waals surface area contributed by atoms with Gasteiger partial charge in [0.2, 0.25) is 5.28 Å². The molecule has 0 amide bonds. The molecule has 20 heavy (non-hydrogen) atoms.